The number of carbonyl (C=O) groups excluding carboxylic acids is 1. The van der Waals surface area contributed by atoms with Gasteiger partial charge in [0.25, 0.3) is 0 Å². The molecule has 9 heteroatoms. The number of aryl methyl sites for hydroxylation is 2. The Morgan fingerprint density at radius 3 is 2.85 bits per heavy atom. The van der Waals surface area contributed by atoms with Gasteiger partial charge in [0.1, 0.15) is 17.7 Å². The van der Waals surface area contributed by atoms with Gasteiger partial charge >= 0.3 is 0 Å². The number of nitrogens with one attached hydrogen (secondary N) is 1. The van der Waals surface area contributed by atoms with Crippen molar-refractivity contribution in [1.82, 2.24) is 24.5 Å². The van der Waals surface area contributed by atoms with Crippen molar-refractivity contribution < 1.29 is 4.79 Å². The van der Waals surface area contributed by atoms with E-state index in [9.17, 15) is 10.1 Å². The summed E-state index contributed by atoms with van der Waals surface area (Å²) < 4.78 is 3.38. The predicted octanol–water partition coefficient (Wildman–Crippen LogP) is 2.41. The van der Waals surface area contributed by atoms with E-state index < -0.39 is 0 Å². The van der Waals surface area contributed by atoms with Gasteiger partial charge in [-0.1, -0.05) is 11.6 Å². The van der Waals surface area contributed by atoms with Gasteiger partial charge in [0, 0.05) is 37.2 Å². The van der Waals surface area contributed by atoms with E-state index in [1.54, 1.807) is 30.5 Å². The maximum absolute atomic E-state index is 12.1. The molecule has 0 saturated heterocycles. The van der Waals surface area contributed by atoms with Crippen LogP contribution in [0.1, 0.15) is 23.6 Å². The number of rotatable bonds is 5. The van der Waals surface area contributed by atoms with E-state index in [1.807, 2.05) is 18.5 Å². The van der Waals surface area contributed by atoms with Crippen molar-refractivity contribution in [2.75, 3.05) is 5.32 Å². The van der Waals surface area contributed by atoms with E-state index in [0.29, 0.717) is 28.5 Å². The van der Waals surface area contributed by atoms with Crippen molar-refractivity contribution in [3.63, 3.8) is 0 Å². The van der Waals surface area contributed by atoms with E-state index in [4.69, 9.17) is 11.6 Å². The lowest BCUT2D eigenvalue weighted by Gasteiger charge is -2.05. The van der Waals surface area contributed by atoms with Crippen LogP contribution >= 0.6 is 11.6 Å². The maximum atomic E-state index is 12.1. The van der Waals surface area contributed by atoms with Crippen LogP contribution in [0.3, 0.4) is 0 Å². The molecule has 2 aromatic heterocycles. The summed E-state index contributed by atoms with van der Waals surface area (Å²) in [4.78, 5) is 12.1. The van der Waals surface area contributed by atoms with Crippen LogP contribution in [0.15, 0.2) is 30.5 Å². The zero-order valence-electron chi connectivity index (χ0n) is 14.3. The quantitative estimate of drug-likeness (QED) is 0.744. The van der Waals surface area contributed by atoms with Gasteiger partial charge in [0.2, 0.25) is 5.91 Å². The Kier molecular flexibility index (Phi) is 5.00. The summed E-state index contributed by atoms with van der Waals surface area (Å²) in [5.74, 6) is 1.79. The standard InChI is InChI=1S/C17H16ClN7O/c1-11-21-22-16(24(11)2)5-6-17(26)20-15-7-8-25(23-15)14-4-3-13(18)9-12(14)10-19/h3-4,7-9H,5-6H2,1-2H3,(H,20,23,26). The van der Waals surface area contributed by atoms with Crippen LogP contribution in [0.2, 0.25) is 5.02 Å². The van der Waals surface area contributed by atoms with Crippen molar-refractivity contribution in [2.24, 2.45) is 7.05 Å². The van der Waals surface area contributed by atoms with Crippen LogP contribution in [0.5, 0.6) is 0 Å². The van der Waals surface area contributed by atoms with Crippen molar-refractivity contribution in [3.8, 4) is 11.8 Å². The first kappa shape index (κ1) is 17.6. The molecule has 0 atom stereocenters. The van der Waals surface area contributed by atoms with E-state index in [1.165, 1.54) is 4.68 Å². The minimum absolute atomic E-state index is 0.174. The van der Waals surface area contributed by atoms with Crippen molar-refractivity contribution >= 4 is 23.3 Å². The number of hydrogen-bond acceptors (Lipinski definition) is 5. The summed E-state index contributed by atoms with van der Waals surface area (Å²) >= 11 is 5.91. The zero-order chi connectivity index (χ0) is 18.7. The Bertz CT molecular complexity index is 999. The SMILES string of the molecule is Cc1nnc(CCC(=O)Nc2ccn(-c3ccc(Cl)cc3C#N)n2)n1C. The molecule has 0 bridgehead atoms. The third-order valence-electron chi connectivity index (χ3n) is 3.94. The molecule has 26 heavy (non-hydrogen) atoms. The lowest BCUT2D eigenvalue weighted by molar-refractivity contribution is -0.116. The molecular formula is C17H16ClN7O. The molecule has 132 valence electrons. The number of halogens is 1. The maximum Gasteiger partial charge on any atom is 0.226 e. The third kappa shape index (κ3) is 3.73. The lowest BCUT2D eigenvalue weighted by Crippen LogP contribution is -2.14. The molecule has 0 radical (unpaired) electrons. The lowest BCUT2D eigenvalue weighted by atomic mass is 10.2. The Hall–Kier alpha value is -3.18. The normalized spacial score (nSPS) is 10.5. The average molecular weight is 370 g/mol. The molecule has 1 N–H and O–H groups in total. The number of benzene rings is 1. The van der Waals surface area contributed by atoms with Gasteiger partial charge in [-0.3, -0.25) is 4.79 Å². The smallest absolute Gasteiger partial charge is 0.226 e. The summed E-state index contributed by atoms with van der Waals surface area (Å²) in [6.07, 6.45) is 2.43. The number of aromatic nitrogens is 5. The fraction of sp³-hybridized carbons (Fsp3) is 0.235. The third-order valence-corrected chi connectivity index (χ3v) is 4.18. The molecule has 0 saturated carbocycles. The van der Waals surface area contributed by atoms with Crippen LogP contribution in [-0.4, -0.2) is 30.5 Å². The topological polar surface area (TPSA) is 101 Å². The first-order valence-corrected chi connectivity index (χ1v) is 8.26. The summed E-state index contributed by atoms with van der Waals surface area (Å²) in [6, 6.07) is 8.70. The second kappa shape index (κ2) is 7.37. The summed E-state index contributed by atoms with van der Waals surface area (Å²) in [6.45, 7) is 1.86. The highest BCUT2D eigenvalue weighted by atomic mass is 35.5. The second-order valence-corrected chi connectivity index (χ2v) is 6.13. The number of amides is 1. The molecule has 2 heterocycles. The largest absolute Gasteiger partial charge is 0.318 e. The van der Waals surface area contributed by atoms with Crippen LogP contribution in [-0.2, 0) is 18.3 Å². The fourth-order valence-electron chi connectivity index (χ4n) is 2.42. The highest BCUT2D eigenvalue weighted by molar-refractivity contribution is 6.30. The van der Waals surface area contributed by atoms with Gasteiger partial charge in [0.15, 0.2) is 5.82 Å². The molecule has 1 amide bonds. The van der Waals surface area contributed by atoms with Gasteiger partial charge in [-0.2, -0.15) is 10.4 Å². The van der Waals surface area contributed by atoms with E-state index in [2.05, 4.69) is 26.7 Å². The minimum Gasteiger partial charge on any atom is -0.318 e. The molecule has 0 aliphatic carbocycles. The van der Waals surface area contributed by atoms with Crippen LogP contribution in [0, 0.1) is 18.3 Å². The van der Waals surface area contributed by atoms with Crippen molar-refractivity contribution in [1.29, 1.82) is 5.26 Å². The van der Waals surface area contributed by atoms with Crippen LogP contribution in [0.25, 0.3) is 5.69 Å². The van der Waals surface area contributed by atoms with Crippen molar-refractivity contribution in [2.45, 2.75) is 19.8 Å². The number of carbonyl (C=O) groups is 1. The molecule has 1 aromatic carbocycles. The van der Waals surface area contributed by atoms with Gasteiger partial charge in [-0.05, 0) is 25.1 Å². The second-order valence-electron chi connectivity index (χ2n) is 5.69. The summed E-state index contributed by atoms with van der Waals surface area (Å²) in [5.41, 5.74) is 0.989. The van der Waals surface area contributed by atoms with E-state index in [-0.39, 0.29) is 12.3 Å². The monoisotopic (exact) mass is 369 g/mol. The average Bonchev–Trinajstić information content (AvgIpc) is 3.20. The van der Waals surface area contributed by atoms with Crippen LogP contribution < -0.4 is 5.32 Å². The van der Waals surface area contributed by atoms with Crippen molar-refractivity contribution in [3.05, 3.63) is 52.7 Å². The molecular weight excluding hydrogens is 354 g/mol. The van der Waals surface area contributed by atoms with Gasteiger partial charge in [0.05, 0.1) is 11.3 Å². The fourth-order valence-corrected chi connectivity index (χ4v) is 2.59. The number of nitrogens with zero attached hydrogens (tertiary/aromatic N) is 6. The first-order chi connectivity index (χ1) is 12.5. The first-order valence-electron chi connectivity index (χ1n) is 7.88. The van der Waals surface area contributed by atoms with E-state index in [0.717, 1.165) is 11.6 Å². The Labute approximate surface area is 155 Å². The minimum atomic E-state index is -0.174. The molecule has 0 aliphatic heterocycles. The van der Waals surface area contributed by atoms with Crippen LogP contribution in [0.4, 0.5) is 5.82 Å². The summed E-state index contributed by atoms with van der Waals surface area (Å²) in [5, 5.41) is 24.7. The number of nitriles is 1. The number of hydrogen-bond donors (Lipinski definition) is 1. The predicted molar refractivity (Wildman–Crippen MR) is 96.0 cm³/mol. The molecule has 3 aromatic rings. The highest BCUT2D eigenvalue weighted by Gasteiger charge is 2.11. The Morgan fingerprint density at radius 2 is 2.15 bits per heavy atom. The van der Waals surface area contributed by atoms with Gasteiger partial charge < -0.3 is 9.88 Å². The number of anilines is 1. The molecule has 8 nitrogen and oxygen atoms in total. The molecule has 3 rings (SSSR count). The highest BCUT2D eigenvalue weighted by Crippen LogP contribution is 2.19. The van der Waals surface area contributed by atoms with Gasteiger partial charge in [-0.15, -0.1) is 10.2 Å². The Morgan fingerprint density at radius 1 is 1.35 bits per heavy atom. The van der Waals surface area contributed by atoms with Gasteiger partial charge in [-0.25, -0.2) is 4.68 Å². The molecule has 0 fully saturated rings. The Balaban J connectivity index is 1.66. The molecule has 0 spiro atoms. The summed E-state index contributed by atoms with van der Waals surface area (Å²) in [7, 11) is 1.86. The van der Waals surface area contributed by atoms with E-state index >= 15 is 0 Å². The molecule has 0 unspecified atom stereocenters. The zero-order valence-corrected chi connectivity index (χ0v) is 15.0. The molecule has 0 aliphatic rings.